The lowest BCUT2D eigenvalue weighted by Gasteiger charge is -2.36. The number of unbranched alkanes of at least 4 members (excludes halogenated alkanes) is 1. The SMILES string of the molecule is C=C[Si](C)(C)OC(O[Si](C)(C)C=C)[SiH](CCCC)OCC(=C)C. The van der Waals surface area contributed by atoms with Gasteiger partial charge in [0.15, 0.2) is 0 Å². The first kappa shape index (κ1) is 22.8. The Kier molecular flexibility index (Phi) is 10.5. The summed E-state index contributed by atoms with van der Waals surface area (Å²) in [5.41, 5.74) is 4.95. The second kappa shape index (κ2) is 10.6. The van der Waals surface area contributed by atoms with Crippen molar-refractivity contribution in [3.8, 4) is 0 Å². The summed E-state index contributed by atoms with van der Waals surface area (Å²) in [4.78, 5) is 0. The number of hydrogen-bond donors (Lipinski definition) is 0. The highest BCUT2D eigenvalue weighted by Gasteiger charge is 2.36. The van der Waals surface area contributed by atoms with Crippen LogP contribution in [0.4, 0.5) is 0 Å². The average Bonchev–Trinajstić information content (AvgIpc) is 2.46. The van der Waals surface area contributed by atoms with E-state index in [0.29, 0.717) is 6.61 Å². The van der Waals surface area contributed by atoms with Crippen LogP contribution in [0.5, 0.6) is 0 Å². The molecule has 0 amide bonds. The summed E-state index contributed by atoms with van der Waals surface area (Å²) in [6.07, 6.45) is 2.29. The van der Waals surface area contributed by atoms with Crippen LogP contribution in [0.15, 0.2) is 36.7 Å². The maximum atomic E-state index is 6.41. The Bertz CT molecular complexity index is 373. The molecule has 0 heterocycles. The lowest BCUT2D eigenvalue weighted by atomic mass is 10.4. The molecule has 0 saturated carbocycles. The average molecular weight is 373 g/mol. The molecule has 0 N–H and O–H groups in total. The van der Waals surface area contributed by atoms with Gasteiger partial charge in [0.25, 0.3) is 0 Å². The highest BCUT2D eigenvalue weighted by atomic mass is 28.4. The van der Waals surface area contributed by atoms with Gasteiger partial charge in [0.05, 0.1) is 6.61 Å². The number of rotatable bonds is 13. The highest BCUT2D eigenvalue weighted by molar-refractivity contribution is 6.78. The Morgan fingerprint density at radius 3 is 1.91 bits per heavy atom. The van der Waals surface area contributed by atoms with Gasteiger partial charge >= 0.3 is 0 Å². The van der Waals surface area contributed by atoms with Crippen molar-refractivity contribution in [2.24, 2.45) is 0 Å². The monoisotopic (exact) mass is 372 g/mol. The summed E-state index contributed by atoms with van der Waals surface area (Å²) in [7, 11) is -5.59. The van der Waals surface area contributed by atoms with Crippen LogP contribution in [-0.4, -0.2) is 38.2 Å². The van der Waals surface area contributed by atoms with Gasteiger partial charge in [0, 0.05) is 0 Å². The first-order valence-corrected chi connectivity index (χ1v) is 16.4. The third kappa shape index (κ3) is 10.3. The summed E-state index contributed by atoms with van der Waals surface area (Å²) >= 11 is 0. The van der Waals surface area contributed by atoms with E-state index >= 15 is 0 Å². The van der Waals surface area contributed by atoms with Crippen molar-refractivity contribution in [3.63, 3.8) is 0 Å². The fraction of sp³-hybridized carbons (Fsp3) is 0.647. The molecule has 1 unspecified atom stereocenters. The Morgan fingerprint density at radius 1 is 1.09 bits per heavy atom. The molecular formula is C17H36O3Si3. The van der Waals surface area contributed by atoms with Crippen LogP contribution in [0, 0.1) is 0 Å². The van der Waals surface area contributed by atoms with Crippen molar-refractivity contribution in [1.82, 2.24) is 0 Å². The van der Waals surface area contributed by atoms with Gasteiger partial charge < -0.3 is 13.3 Å². The molecule has 0 radical (unpaired) electrons. The molecule has 0 rings (SSSR count). The molecular weight excluding hydrogens is 336 g/mol. The van der Waals surface area contributed by atoms with E-state index in [0.717, 1.165) is 24.5 Å². The van der Waals surface area contributed by atoms with Crippen LogP contribution in [0.2, 0.25) is 32.2 Å². The van der Waals surface area contributed by atoms with E-state index in [4.69, 9.17) is 13.3 Å². The minimum Gasteiger partial charge on any atom is -0.411 e. The van der Waals surface area contributed by atoms with E-state index in [1.165, 1.54) is 0 Å². The van der Waals surface area contributed by atoms with Crippen molar-refractivity contribution in [1.29, 1.82) is 0 Å². The van der Waals surface area contributed by atoms with E-state index < -0.39 is 25.7 Å². The topological polar surface area (TPSA) is 27.7 Å². The predicted octanol–water partition coefficient (Wildman–Crippen LogP) is 4.86. The zero-order chi connectivity index (χ0) is 18.1. The second-order valence-corrected chi connectivity index (χ2v) is 17.4. The number of hydrogen-bond acceptors (Lipinski definition) is 3. The summed E-state index contributed by atoms with van der Waals surface area (Å²) in [5.74, 6) is -0.236. The van der Waals surface area contributed by atoms with Gasteiger partial charge in [-0.25, -0.2) is 0 Å². The van der Waals surface area contributed by atoms with Gasteiger partial charge in [-0.3, -0.25) is 0 Å². The lowest BCUT2D eigenvalue weighted by Crippen LogP contribution is -2.50. The van der Waals surface area contributed by atoms with Gasteiger partial charge in [-0.1, -0.05) is 43.3 Å². The van der Waals surface area contributed by atoms with Crippen molar-refractivity contribution < 1.29 is 13.3 Å². The van der Waals surface area contributed by atoms with Gasteiger partial charge in [-0.15, -0.1) is 13.2 Å². The van der Waals surface area contributed by atoms with Crippen LogP contribution in [0.1, 0.15) is 26.7 Å². The molecule has 1 atom stereocenters. The second-order valence-electron chi connectivity index (χ2n) is 7.17. The molecule has 3 nitrogen and oxygen atoms in total. The van der Waals surface area contributed by atoms with Crippen LogP contribution >= 0.6 is 0 Å². The third-order valence-electron chi connectivity index (χ3n) is 3.51. The Balaban J connectivity index is 5.28. The molecule has 0 aliphatic heterocycles. The molecule has 0 aromatic heterocycles. The maximum absolute atomic E-state index is 6.41. The maximum Gasteiger partial charge on any atom is 0.236 e. The van der Waals surface area contributed by atoms with E-state index in [1.807, 2.05) is 18.3 Å². The summed E-state index contributed by atoms with van der Waals surface area (Å²) in [6.45, 7) is 25.2. The van der Waals surface area contributed by atoms with Crippen LogP contribution in [0.3, 0.4) is 0 Å². The molecule has 134 valence electrons. The Labute approximate surface area is 147 Å². The largest absolute Gasteiger partial charge is 0.411 e. The van der Waals surface area contributed by atoms with Gasteiger partial charge in [0.1, 0.15) is 5.91 Å². The van der Waals surface area contributed by atoms with E-state index in [1.54, 1.807) is 0 Å². The zero-order valence-corrected chi connectivity index (χ0v) is 19.1. The van der Waals surface area contributed by atoms with Crippen molar-refractivity contribution >= 4 is 25.7 Å². The Hall–Kier alpha value is -0.249. The fourth-order valence-electron chi connectivity index (χ4n) is 1.82. The molecule has 0 aromatic carbocycles. The highest BCUT2D eigenvalue weighted by Crippen LogP contribution is 2.21. The first-order chi connectivity index (χ1) is 10.6. The lowest BCUT2D eigenvalue weighted by molar-refractivity contribution is 0.0429. The molecule has 0 bridgehead atoms. The van der Waals surface area contributed by atoms with Crippen molar-refractivity contribution in [2.45, 2.75) is 64.8 Å². The third-order valence-corrected chi connectivity index (χ3v) is 10.2. The molecule has 0 aromatic rings. The van der Waals surface area contributed by atoms with Crippen LogP contribution in [0.25, 0.3) is 0 Å². The molecule has 0 saturated heterocycles. The van der Waals surface area contributed by atoms with Crippen LogP contribution in [-0.2, 0) is 13.3 Å². The van der Waals surface area contributed by atoms with E-state index in [-0.39, 0.29) is 5.91 Å². The van der Waals surface area contributed by atoms with Crippen molar-refractivity contribution in [2.75, 3.05) is 6.61 Å². The van der Waals surface area contributed by atoms with Gasteiger partial charge in [-0.2, -0.15) is 0 Å². The molecule has 0 fully saturated rings. The van der Waals surface area contributed by atoms with Crippen LogP contribution < -0.4 is 0 Å². The molecule has 0 spiro atoms. The molecule has 23 heavy (non-hydrogen) atoms. The predicted molar refractivity (Wildman–Crippen MR) is 109 cm³/mol. The zero-order valence-electron chi connectivity index (χ0n) is 16.0. The first-order valence-electron chi connectivity index (χ1n) is 8.45. The van der Waals surface area contributed by atoms with E-state index in [9.17, 15) is 0 Å². The minimum absolute atomic E-state index is 0.236. The summed E-state index contributed by atoms with van der Waals surface area (Å²) in [5, 5.41) is 0. The quantitative estimate of drug-likeness (QED) is 0.262. The normalized spacial score (nSPS) is 13.9. The Morgan fingerprint density at radius 2 is 1.57 bits per heavy atom. The van der Waals surface area contributed by atoms with Crippen molar-refractivity contribution in [3.05, 3.63) is 36.7 Å². The standard InChI is InChI=1S/C17H36O3Si3/c1-10-13-14-21(18-15-16(4)5)17(19-22(6,7)11-2)20-23(8,9)12-3/h11-12,17,21H,2-4,10,13-15H2,1,5-9H3. The van der Waals surface area contributed by atoms with Gasteiger partial charge in [-0.05, 0) is 39.2 Å². The van der Waals surface area contributed by atoms with Gasteiger partial charge in [0.2, 0.25) is 25.7 Å². The molecule has 0 aliphatic rings. The minimum atomic E-state index is -1.95. The molecule has 6 heteroatoms. The smallest absolute Gasteiger partial charge is 0.236 e. The molecule has 0 aliphatic carbocycles. The van der Waals surface area contributed by atoms with E-state index in [2.05, 4.69) is 52.8 Å². The summed E-state index contributed by atoms with van der Waals surface area (Å²) < 4.78 is 19.0. The fourth-order valence-corrected chi connectivity index (χ4v) is 8.63. The summed E-state index contributed by atoms with van der Waals surface area (Å²) in [6, 6.07) is 1.05.